The second kappa shape index (κ2) is 6.57. The van der Waals surface area contributed by atoms with Gasteiger partial charge in [-0.2, -0.15) is 0 Å². The Kier molecular flexibility index (Phi) is 5.72. The Morgan fingerprint density at radius 2 is 1.76 bits per heavy atom. The van der Waals surface area contributed by atoms with Gasteiger partial charge in [0.15, 0.2) is 0 Å². The maximum atomic E-state index is 12.0. The number of carbonyl (C=O) groups excluding carboxylic acids is 1. The fraction of sp³-hybridized carbons (Fsp3) is 0.867. The molecule has 122 valence electrons. The second-order valence-corrected chi connectivity index (χ2v) is 9.51. The first-order chi connectivity index (χ1) is 9.38. The summed E-state index contributed by atoms with van der Waals surface area (Å²) in [6, 6.07) is 0.123. The fourth-order valence-corrected chi connectivity index (χ4v) is 2.58. The van der Waals surface area contributed by atoms with E-state index >= 15 is 0 Å². The van der Waals surface area contributed by atoms with Crippen molar-refractivity contribution >= 4 is 23.2 Å². The Hall–Kier alpha value is -0.750. The third kappa shape index (κ3) is 6.26. The number of carbonyl (C=O) groups is 1. The van der Waals surface area contributed by atoms with Gasteiger partial charge >= 0.3 is 6.09 Å². The Balaban J connectivity index is 2.39. The summed E-state index contributed by atoms with van der Waals surface area (Å²) in [5.41, 5.74) is 0.430. The topological polar surface area (TPSA) is 73.8 Å². The monoisotopic (exact) mass is 316 g/mol. The average molecular weight is 316 g/mol. The van der Waals surface area contributed by atoms with E-state index in [2.05, 4.69) is 9.71 Å². The Morgan fingerprint density at radius 1 is 1.24 bits per heavy atom. The van der Waals surface area contributed by atoms with E-state index in [0.717, 1.165) is 18.6 Å². The molecule has 0 bridgehead atoms. The molecule has 1 aliphatic carbocycles. The van der Waals surface area contributed by atoms with Gasteiger partial charge in [-0.3, -0.25) is 0 Å². The summed E-state index contributed by atoms with van der Waals surface area (Å²) in [7, 11) is 0. The molecule has 1 rings (SSSR count). The summed E-state index contributed by atoms with van der Waals surface area (Å²) in [5.74, 6) is 0.302. The van der Waals surface area contributed by atoms with E-state index in [0.29, 0.717) is 5.92 Å². The van der Waals surface area contributed by atoms with Crippen molar-refractivity contribution in [2.45, 2.75) is 77.7 Å². The number of nitrogens with one attached hydrogen (secondary N) is 1. The number of rotatable bonds is 3. The van der Waals surface area contributed by atoms with E-state index in [-0.39, 0.29) is 16.9 Å². The molecule has 6 heteroatoms. The molecule has 1 aliphatic rings. The lowest BCUT2D eigenvalue weighted by Gasteiger charge is -2.36. The van der Waals surface area contributed by atoms with Crippen LogP contribution in [0, 0.1) is 5.92 Å². The van der Waals surface area contributed by atoms with Crippen LogP contribution in [-0.2, 0) is 16.1 Å². The molecule has 0 aromatic rings. The molecule has 0 aliphatic heterocycles. The van der Waals surface area contributed by atoms with Crippen molar-refractivity contribution in [2.24, 2.45) is 10.3 Å². The van der Waals surface area contributed by atoms with Crippen LogP contribution in [0.25, 0.3) is 0 Å². The van der Waals surface area contributed by atoms with Crippen LogP contribution in [0.15, 0.2) is 4.40 Å². The van der Waals surface area contributed by atoms with Crippen LogP contribution >= 0.6 is 0 Å². The molecule has 21 heavy (non-hydrogen) atoms. The molecule has 0 spiro atoms. The van der Waals surface area contributed by atoms with Gasteiger partial charge in [0, 0.05) is 12.0 Å². The molecule has 0 unspecified atom stereocenters. The van der Waals surface area contributed by atoms with E-state index in [9.17, 15) is 9.35 Å². The van der Waals surface area contributed by atoms with Gasteiger partial charge in [0.05, 0.1) is 5.71 Å². The van der Waals surface area contributed by atoms with E-state index < -0.39 is 17.0 Å². The Morgan fingerprint density at radius 3 is 2.19 bits per heavy atom. The molecule has 1 atom stereocenters. The van der Waals surface area contributed by atoms with Gasteiger partial charge in [-0.25, -0.2) is 4.79 Å². The van der Waals surface area contributed by atoms with Crippen LogP contribution in [0.2, 0.25) is 0 Å². The van der Waals surface area contributed by atoms with Crippen molar-refractivity contribution in [2.75, 3.05) is 0 Å². The van der Waals surface area contributed by atoms with Crippen molar-refractivity contribution in [3.05, 3.63) is 0 Å². The van der Waals surface area contributed by atoms with Crippen LogP contribution in [0.4, 0.5) is 4.79 Å². The first kappa shape index (κ1) is 18.3. The minimum atomic E-state index is -1.22. The maximum absolute atomic E-state index is 12.0. The standard InChI is InChI=1S/C15H28N2O3S/c1-10(17-21(19)15(5,6)7)11-8-12(9-11)16-13(18)20-14(2,3)4/h11-12H,8-9H2,1-7H3,(H,16,18)/b17-10+/t11?,12?,21-/m0/s1. The molecule has 0 aromatic carbocycles. The highest BCUT2D eigenvalue weighted by molar-refractivity contribution is 7.91. The minimum Gasteiger partial charge on any atom is -0.591 e. The minimum absolute atomic E-state index is 0.123. The smallest absolute Gasteiger partial charge is 0.407 e. The zero-order valence-electron chi connectivity index (χ0n) is 14.1. The molecule has 1 N–H and O–H groups in total. The predicted molar refractivity (Wildman–Crippen MR) is 86.9 cm³/mol. The van der Waals surface area contributed by atoms with Gasteiger partial charge in [-0.1, -0.05) is 4.40 Å². The molecule has 0 saturated heterocycles. The van der Waals surface area contributed by atoms with Gasteiger partial charge in [-0.05, 0) is 61.3 Å². The van der Waals surface area contributed by atoms with Crippen molar-refractivity contribution in [1.82, 2.24) is 5.32 Å². The number of hydrogen-bond donors (Lipinski definition) is 1. The molecule has 0 radical (unpaired) electrons. The molecule has 0 heterocycles. The summed E-state index contributed by atoms with van der Waals surface area (Å²) >= 11 is -1.22. The third-order valence-electron chi connectivity index (χ3n) is 3.20. The molecule has 5 nitrogen and oxygen atoms in total. The average Bonchev–Trinajstić information content (AvgIpc) is 2.18. The molecule has 1 fully saturated rings. The number of alkyl carbamates (subject to hydrolysis) is 1. The number of hydrogen-bond acceptors (Lipinski definition) is 4. The van der Waals surface area contributed by atoms with E-state index in [1.54, 1.807) is 0 Å². The summed E-state index contributed by atoms with van der Waals surface area (Å²) in [4.78, 5) is 11.6. The van der Waals surface area contributed by atoms with Crippen molar-refractivity contribution in [3.63, 3.8) is 0 Å². The summed E-state index contributed by atoms with van der Waals surface area (Å²) in [6.45, 7) is 13.2. The highest BCUT2D eigenvalue weighted by Crippen LogP contribution is 2.30. The van der Waals surface area contributed by atoms with Gasteiger partial charge in [-0.15, -0.1) is 0 Å². The van der Waals surface area contributed by atoms with Crippen LogP contribution in [0.1, 0.15) is 61.3 Å². The largest absolute Gasteiger partial charge is 0.591 e. The first-order valence-electron chi connectivity index (χ1n) is 7.35. The lowest BCUT2D eigenvalue weighted by molar-refractivity contribution is 0.0468. The lowest BCUT2D eigenvalue weighted by Crippen LogP contribution is -2.48. The maximum Gasteiger partial charge on any atom is 0.407 e. The van der Waals surface area contributed by atoms with E-state index in [1.807, 2.05) is 48.5 Å². The van der Waals surface area contributed by atoms with E-state index in [4.69, 9.17) is 4.74 Å². The van der Waals surface area contributed by atoms with Crippen molar-refractivity contribution < 1.29 is 14.1 Å². The van der Waals surface area contributed by atoms with Crippen LogP contribution in [0.5, 0.6) is 0 Å². The number of nitrogens with zero attached hydrogens (tertiary/aromatic N) is 1. The molecular formula is C15H28N2O3S. The van der Waals surface area contributed by atoms with Crippen molar-refractivity contribution in [1.29, 1.82) is 0 Å². The highest BCUT2D eigenvalue weighted by atomic mass is 32.2. The van der Waals surface area contributed by atoms with Gasteiger partial charge in [0.2, 0.25) is 0 Å². The summed E-state index contributed by atoms with van der Waals surface area (Å²) < 4.78 is 21.1. The number of amides is 1. The van der Waals surface area contributed by atoms with E-state index in [1.165, 1.54) is 0 Å². The zero-order valence-corrected chi connectivity index (χ0v) is 15.0. The highest BCUT2D eigenvalue weighted by Gasteiger charge is 2.35. The molecule has 1 saturated carbocycles. The Bertz CT molecular complexity index is 404. The van der Waals surface area contributed by atoms with Gasteiger partial charge in [0.25, 0.3) is 0 Å². The zero-order chi connectivity index (χ0) is 16.4. The molecular weight excluding hydrogens is 288 g/mol. The second-order valence-electron chi connectivity index (χ2n) is 7.61. The van der Waals surface area contributed by atoms with Crippen LogP contribution in [0.3, 0.4) is 0 Å². The molecule has 1 amide bonds. The molecule has 0 aromatic heterocycles. The van der Waals surface area contributed by atoms with Crippen LogP contribution < -0.4 is 5.32 Å². The van der Waals surface area contributed by atoms with Gasteiger partial charge in [0.1, 0.15) is 21.7 Å². The first-order valence-corrected chi connectivity index (χ1v) is 8.46. The van der Waals surface area contributed by atoms with Crippen molar-refractivity contribution in [3.8, 4) is 0 Å². The number of ether oxygens (including phenoxy) is 1. The quantitative estimate of drug-likeness (QED) is 0.642. The van der Waals surface area contributed by atoms with Gasteiger partial charge < -0.3 is 14.6 Å². The SMILES string of the molecule is C/C(=N\[S@@+]([O-])C(C)(C)C)C1CC(NC(=O)OC(C)(C)C)C1. The van der Waals surface area contributed by atoms with Crippen LogP contribution in [-0.4, -0.2) is 32.7 Å². The predicted octanol–water partition coefficient (Wildman–Crippen LogP) is 3.21. The third-order valence-corrected chi connectivity index (χ3v) is 4.70. The summed E-state index contributed by atoms with van der Waals surface area (Å²) in [6.07, 6.45) is 1.28. The fourth-order valence-electron chi connectivity index (χ4n) is 1.89. The lowest BCUT2D eigenvalue weighted by atomic mass is 9.78. The normalized spacial score (nSPS) is 25.0. The summed E-state index contributed by atoms with van der Waals surface area (Å²) in [5, 5.41) is 2.85. The Labute approximate surface area is 131 Å².